The maximum atomic E-state index is 14.2. The summed E-state index contributed by atoms with van der Waals surface area (Å²) >= 11 is 0. The number of rotatable bonds is 2. The van der Waals surface area contributed by atoms with E-state index in [2.05, 4.69) is 10.3 Å². The van der Waals surface area contributed by atoms with Crippen molar-refractivity contribution in [1.29, 1.82) is 0 Å². The van der Waals surface area contributed by atoms with E-state index in [9.17, 15) is 4.39 Å². The minimum Gasteiger partial charge on any atom is -0.361 e. The molecule has 2 heterocycles. The number of aromatic nitrogens is 1. The van der Waals surface area contributed by atoms with E-state index in [0.717, 1.165) is 35.9 Å². The Morgan fingerprint density at radius 3 is 3.06 bits per heavy atom. The predicted molar refractivity (Wildman–Crippen MR) is 63.2 cm³/mol. The Hall–Kier alpha value is -1.35. The molecule has 0 aliphatic carbocycles. The van der Waals surface area contributed by atoms with Crippen LogP contribution in [0.15, 0.2) is 30.5 Å². The van der Waals surface area contributed by atoms with Crippen LogP contribution in [0.4, 0.5) is 4.39 Å². The summed E-state index contributed by atoms with van der Waals surface area (Å²) in [5.74, 6) is 0. The molecule has 16 heavy (non-hydrogen) atoms. The van der Waals surface area contributed by atoms with E-state index in [-0.39, 0.29) is 6.04 Å². The molecule has 2 N–H and O–H groups in total. The Bertz CT molecular complexity index is 485. The van der Waals surface area contributed by atoms with Crippen LogP contribution in [0, 0.1) is 0 Å². The van der Waals surface area contributed by atoms with Crippen molar-refractivity contribution in [2.24, 2.45) is 0 Å². The number of alkyl halides is 1. The first-order valence-corrected chi connectivity index (χ1v) is 5.79. The normalized spacial score (nSPS) is 22.7. The monoisotopic (exact) mass is 218 g/mol. The summed E-state index contributed by atoms with van der Waals surface area (Å²) in [7, 11) is 0. The number of aromatic amines is 1. The molecule has 1 fully saturated rings. The van der Waals surface area contributed by atoms with Crippen LogP contribution >= 0.6 is 0 Å². The van der Waals surface area contributed by atoms with Gasteiger partial charge >= 0.3 is 0 Å². The molecule has 0 saturated carbocycles. The van der Waals surface area contributed by atoms with Crippen LogP contribution in [0.1, 0.15) is 24.6 Å². The molecule has 0 amide bonds. The van der Waals surface area contributed by atoms with Gasteiger partial charge in [-0.15, -0.1) is 0 Å². The summed E-state index contributed by atoms with van der Waals surface area (Å²) in [4.78, 5) is 3.12. The van der Waals surface area contributed by atoms with Gasteiger partial charge in [0.15, 0.2) is 0 Å². The average molecular weight is 218 g/mol. The molecule has 84 valence electrons. The first-order valence-electron chi connectivity index (χ1n) is 5.79. The summed E-state index contributed by atoms with van der Waals surface area (Å²) in [5.41, 5.74) is 1.85. The van der Waals surface area contributed by atoms with Gasteiger partial charge < -0.3 is 10.3 Å². The molecule has 1 aromatic carbocycles. The molecule has 2 unspecified atom stereocenters. The molecule has 3 rings (SSSR count). The van der Waals surface area contributed by atoms with Crippen molar-refractivity contribution in [3.8, 4) is 0 Å². The molecule has 1 aliphatic heterocycles. The number of benzene rings is 1. The average Bonchev–Trinajstić information content (AvgIpc) is 2.98. The molecule has 3 heteroatoms. The quantitative estimate of drug-likeness (QED) is 0.797. The van der Waals surface area contributed by atoms with Crippen molar-refractivity contribution in [2.75, 3.05) is 6.54 Å². The molecular formula is C13H15FN2. The molecular weight excluding hydrogens is 203 g/mol. The smallest absolute Gasteiger partial charge is 0.140 e. The summed E-state index contributed by atoms with van der Waals surface area (Å²) in [6.45, 7) is 0.942. The Balaban J connectivity index is 1.91. The molecule has 2 atom stereocenters. The van der Waals surface area contributed by atoms with Gasteiger partial charge in [-0.2, -0.15) is 0 Å². The van der Waals surface area contributed by atoms with Crippen LogP contribution in [0.25, 0.3) is 10.9 Å². The van der Waals surface area contributed by atoms with E-state index in [1.54, 1.807) is 0 Å². The minimum absolute atomic E-state index is 0.00334. The summed E-state index contributed by atoms with van der Waals surface area (Å²) in [6, 6.07) is 7.75. The van der Waals surface area contributed by atoms with Crippen LogP contribution in [0.2, 0.25) is 0 Å². The van der Waals surface area contributed by atoms with Crippen molar-refractivity contribution < 1.29 is 4.39 Å². The highest BCUT2D eigenvalue weighted by Gasteiger charge is 2.25. The number of hydrogen-bond donors (Lipinski definition) is 2. The van der Waals surface area contributed by atoms with Gasteiger partial charge in [0.25, 0.3) is 0 Å². The Morgan fingerprint density at radius 2 is 2.25 bits per heavy atom. The van der Waals surface area contributed by atoms with Gasteiger partial charge in [0, 0.05) is 17.8 Å². The zero-order chi connectivity index (χ0) is 11.0. The fourth-order valence-corrected chi connectivity index (χ4v) is 2.44. The van der Waals surface area contributed by atoms with Gasteiger partial charge in [-0.1, -0.05) is 6.07 Å². The third-order valence-corrected chi connectivity index (χ3v) is 3.35. The Kier molecular flexibility index (Phi) is 2.40. The number of fused-ring (bicyclic) bond motifs is 1. The molecule has 0 bridgehead atoms. The summed E-state index contributed by atoms with van der Waals surface area (Å²) < 4.78 is 14.2. The van der Waals surface area contributed by atoms with Crippen LogP contribution in [-0.2, 0) is 0 Å². The van der Waals surface area contributed by atoms with Gasteiger partial charge in [-0.05, 0) is 48.5 Å². The standard InChI is InChI=1S/C13H15FN2/c14-13(12-2-1-6-15-12)10-3-4-11-9(8-10)5-7-16-11/h3-5,7-8,12-13,15-16H,1-2,6H2. The molecule has 1 aliphatic rings. The molecule has 2 nitrogen and oxygen atoms in total. The number of hydrogen-bond acceptors (Lipinski definition) is 1. The fourth-order valence-electron chi connectivity index (χ4n) is 2.44. The largest absolute Gasteiger partial charge is 0.361 e. The van der Waals surface area contributed by atoms with E-state index >= 15 is 0 Å². The third kappa shape index (κ3) is 1.61. The second-order valence-electron chi connectivity index (χ2n) is 4.43. The van der Waals surface area contributed by atoms with Crippen LogP contribution in [0.5, 0.6) is 0 Å². The van der Waals surface area contributed by atoms with E-state index in [1.165, 1.54) is 0 Å². The van der Waals surface area contributed by atoms with E-state index < -0.39 is 6.17 Å². The van der Waals surface area contributed by atoms with Gasteiger partial charge in [-0.3, -0.25) is 0 Å². The van der Waals surface area contributed by atoms with E-state index in [1.807, 2.05) is 30.5 Å². The van der Waals surface area contributed by atoms with Crippen molar-refractivity contribution in [3.05, 3.63) is 36.0 Å². The van der Waals surface area contributed by atoms with Crippen molar-refractivity contribution in [2.45, 2.75) is 25.1 Å². The first-order chi connectivity index (χ1) is 7.84. The highest BCUT2D eigenvalue weighted by molar-refractivity contribution is 5.80. The Labute approximate surface area is 93.9 Å². The second kappa shape index (κ2) is 3.91. The second-order valence-corrected chi connectivity index (χ2v) is 4.43. The summed E-state index contributed by atoms with van der Waals surface area (Å²) in [5, 5.41) is 4.30. The lowest BCUT2D eigenvalue weighted by molar-refractivity contribution is 0.271. The Morgan fingerprint density at radius 1 is 1.31 bits per heavy atom. The first kappa shape index (κ1) is 9.85. The number of halogens is 1. The lowest BCUT2D eigenvalue weighted by atomic mass is 10.0. The van der Waals surface area contributed by atoms with Crippen molar-refractivity contribution >= 4 is 10.9 Å². The SMILES string of the molecule is FC(c1ccc2[nH]ccc2c1)C1CCCN1. The lowest BCUT2D eigenvalue weighted by Gasteiger charge is -2.16. The summed E-state index contributed by atoms with van der Waals surface area (Å²) in [6.07, 6.45) is 3.01. The topological polar surface area (TPSA) is 27.8 Å². The van der Waals surface area contributed by atoms with Gasteiger partial charge in [0.1, 0.15) is 6.17 Å². The fraction of sp³-hybridized carbons (Fsp3) is 0.385. The van der Waals surface area contributed by atoms with E-state index in [0.29, 0.717) is 0 Å². The van der Waals surface area contributed by atoms with Gasteiger partial charge in [0.2, 0.25) is 0 Å². The van der Waals surface area contributed by atoms with Crippen molar-refractivity contribution in [1.82, 2.24) is 10.3 Å². The lowest BCUT2D eigenvalue weighted by Crippen LogP contribution is -2.26. The van der Waals surface area contributed by atoms with Crippen LogP contribution in [-0.4, -0.2) is 17.6 Å². The molecule has 1 saturated heterocycles. The third-order valence-electron chi connectivity index (χ3n) is 3.35. The molecule has 0 spiro atoms. The van der Waals surface area contributed by atoms with Gasteiger partial charge in [0.05, 0.1) is 0 Å². The highest BCUT2D eigenvalue weighted by atomic mass is 19.1. The maximum absolute atomic E-state index is 14.2. The van der Waals surface area contributed by atoms with Crippen molar-refractivity contribution in [3.63, 3.8) is 0 Å². The minimum atomic E-state index is -0.887. The zero-order valence-electron chi connectivity index (χ0n) is 9.04. The highest BCUT2D eigenvalue weighted by Crippen LogP contribution is 2.28. The molecule has 2 aromatic rings. The number of nitrogens with one attached hydrogen (secondary N) is 2. The molecule has 1 aromatic heterocycles. The number of H-pyrrole nitrogens is 1. The van der Waals surface area contributed by atoms with Crippen LogP contribution < -0.4 is 5.32 Å². The maximum Gasteiger partial charge on any atom is 0.140 e. The zero-order valence-corrected chi connectivity index (χ0v) is 9.04. The van der Waals surface area contributed by atoms with E-state index in [4.69, 9.17) is 0 Å². The van der Waals surface area contributed by atoms with Gasteiger partial charge in [-0.25, -0.2) is 4.39 Å². The predicted octanol–water partition coefficient (Wildman–Crippen LogP) is 2.93. The van der Waals surface area contributed by atoms with Crippen LogP contribution in [0.3, 0.4) is 0 Å². The molecule has 0 radical (unpaired) electrons.